The Bertz CT molecular complexity index is 399. The Morgan fingerprint density at radius 2 is 1.94 bits per heavy atom. The molecular weight excluding hydrogens is 231 g/mol. The maximum absolute atomic E-state index is 12.9. The molecule has 2 nitrogen and oxygen atoms in total. The maximum atomic E-state index is 12.9. The fourth-order valence-corrected chi connectivity index (χ4v) is 2.20. The lowest BCUT2D eigenvalue weighted by Crippen LogP contribution is -2.30. The minimum absolute atomic E-state index is 0.182. The second-order valence-electron chi connectivity index (χ2n) is 5.06. The predicted molar refractivity (Wildman–Crippen MR) is 69.8 cm³/mol. The summed E-state index contributed by atoms with van der Waals surface area (Å²) in [7, 11) is 1.42. The van der Waals surface area contributed by atoms with Gasteiger partial charge in [0.25, 0.3) is 0 Å². The molecule has 0 bridgehead atoms. The molecule has 0 saturated heterocycles. The Morgan fingerprint density at radius 1 is 1.39 bits per heavy atom. The number of halogens is 1. The van der Waals surface area contributed by atoms with Crippen LogP contribution in [0.4, 0.5) is 4.39 Å². The van der Waals surface area contributed by atoms with Gasteiger partial charge in [-0.25, -0.2) is 4.39 Å². The van der Waals surface area contributed by atoms with Crippen LogP contribution in [0.3, 0.4) is 0 Å². The normalized spacial score (nSPS) is 15.8. The van der Waals surface area contributed by atoms with Gasteiger partial charge in [-0.2, -0.15) is 0 Å². The molecule has 0 aliphatic rings. The molecule has 100 valence electrons. The number of carbonyl (C=O) groups excluding carboxylic acids is 1. The van der Waals surface area contributed by atoms with E-state index in [0.29, 0.717) is 6.42 Å². The quantitative estimate of drug-likeness (QED) is 0.743. The van der Waals surface area contributed by atoms with Gasteiger partial charge in [-0.3, -0.25) is 4.79 Å². The highest BCUT2D eigenvalue weighted by atomic mass is 19.1. The number of carbonyl (C=O) groups is 1. The van der Waals surface area contributed by atoms with E-state index in [1.807, 2.05) is 20.8 Å². The van der Waals surface area contributed by atoms with Crippen LogP contribution in [0.1, 0.15) is 45.1 Å². The molecule has 1 aromatic carbocycles. The van der Waals surface area contributed by atoms with Gasteiger partial charge in [0.1, 0.15) is 5.82 Å². The van der Waals surface area contributed by atoms with Crippen molar-refractivity contribution in [2.24, 2.45) is 5.41 Å². The van der Waals surface area contributed by atoms with Gasteiger partial charge in [-0.1, -0.05) is 26.0 Å². The van der Waals surface area contributed by atoms with Crippen molar-refractivity contribution in [2.45, 2.75) is 39.5 Å². The summed E-state index contributed by atoms with van der Waals surface area (Å²) in [6.45, 7) is 5.94. The third kappa shape index (κ3) is 3.31. The van der Waals surface area contributed by atoms with Crippen LogP contribution in [0, 0.1) is 11.2 Å². The van der Waals surface area contributed by atoms with Crippen LogP contribution in [-0.4, -0.2) is 13.1 Å². The first-order valence-electron chi connectivity index (χ1n) is 6.27. The summed E-state index contributed by atoms with van der Waals surface area (Å²) in [4.78, 5) is 11.8. The van der Waals surface area contributed by atoms with Crippen molar-refractivity contribution in [2.75, 3.05) is 7.11 Å². The van der Waals surface area contributed by atoms with Crippen LogP contribution in [0.15, 0.2) is 24.3 Å². The molecule has 0 radical (unpaired) electrons. The molecule has 0 N–H and O–H groups in total. The van der Waals surface area contributed by atoms with Crippen LogP contribution in [0.25, 0.3) is 0 Å². The largest absolute Gasteiger partial charge is 0.469 e. The van der Waals surface area contributed by atoms with Crippen molar-refractivity contribution in [3.8, 4) is 0 Å². The van der Waals surface area contributed by atoms with E-state index in [4.69, 9.17) is 4.74 Å². The highest BCUT2D eigenvalue weighted by Gasteiger charge is 2.34. The molecule has 2 atom stereocenters. The van der Waals surface area contributed by atoms with Crippen molar-refractivity contribution in [1.29, 1.82) is 0 Å². The van der Waals surface area contributed by atoms with Gasteiger partial charge >= 0.3 is 5.97 Å². The third-order valence-corrected chi connectivity index (χ3v) is 3.65. The fourth-order valence-electron chi connectivity index (χ4n) is 2.20. The van der Waals surface area contributed by atoms with E-state index >= 15 is 0 Å². The summed E-state index contributed by atoms with van der Waals surface area (Å²) < 4.78 is 17.7. The summed E-state index contributed by atoms with van der Waals surface area (Å²) in [6, 6.07) is 6.45. The minimum atomic E-state index is -0.484. The Hall–Kier alpha value is -1.38. The summed E-state index contributed by atoms with van der Waals surface area (Å²) in [5.74, 6) is -0.231. The highest BCUT2D eigenvalue weighted by Crippen LogP contribution is 2.35. The molecule has 0 aliphatic carbocycles. The van der Waals surface area contributed by atoms with Gasteiger partial charge in [0.15, 0.2) is 0 Å². The van der Waals surface area contributed by atoms with E-state index in [9.17, 15) is 9.18 Å². The monoisotopic (exact) mass is 252 g/mol. The van der Waals surface area contributed by atoms with E-state index in [0.717, 1.165) is 12.0 Å². The average molecular weight is 252 g/mol. The molecule has 0 spiro atoms. The van der Waals surface area contributed by atoms with Gasteiger partial charge in [-0.05, 0) is 43.4 Å². The van der Waals surface area contributed by atoms with E-state index in [1.165, 1.54) is 19.2 Å². The zero-order valence-electron chi connectivity index (χ0n) is 11.5. The lowest BCUT2D eigenvalue weighted by molar-refractivity contribution is -0.152. The van der Waals surface area contributed by atoms with E-state index in [1.54, 1.807) is 12.1 Å². The number of hydrogen-bond donors (Lipinski definition) is 0. The number of methoxy groups -OCH3 is 1. The van der Waals surface area contributed by atoms with Crippen LogP contribution < -0.4 is 0 Å². The molecule has 18 heavy (non-hydrogen) atoms. The number of ether oxygens (including phenoxy) is 1. The Balaban J connectivity index is 2.82. The number of benzene rings is 1. The first-order chi connectivity index (χ1) is 8.42. The summed E-state index contributed by atoms with van der Waals surface area (Å²) in [5.41, 5.74) is 0.558. The molecule has 3 heteroatoms. The molecule has 2 unspecified atom stereocenters. The van der Waals surface area contributed by atoms with Gasteiger partial charge in [0, 0.05) is 0 Å². The van der Waals surface area contributed by atoms with Crippen molar-refractivity contribution >= 4 is 5.97 Å². The molecule has 1 aromatic rings. The summed E-state index contributed by atoms with van der Waals surface area (Å²) in [6.07, 6.45) is 1.42. The second-order valence-corrected chi connectivity index (χ2v) is 5.06. The highest BCUT2D eigenvalue weighted by molar-refractivity contribution is 5.76. The summed E-state index contributed by atoms with van der Waals surface area (Å²) in [5, 5.41) is 0. The zero-order chi connectivity index (χ0) is 13.8. The molecule has 0 fully saturated rings. The van der Waals surface area contributed by atoms with Crippen molar-refractivity contribution in [3.63, 3.8) is 0 Å². The standard InChI is InChI=1S/C15H21FO2/c1-5-15(3,14(17)18-4)10-11(2)12-6-8-13(16)9-7-12/h6-9,11H,5,10H2,1-4H3. The van der Waals surface area contributed by atoms with Crippen LogP contribution in [0.2, 0.25) is 0 Å². The molecule has 1 rings (SSSR count). The first kappa shape index (κ1) is 14.7. The molecule has 0 aromatic heterocycles. The minimum Gasteiger partial charge on any atom is -0.469 e. The lowest BCUT2D eigenvalue weighted by atomic mass is 9.77. The molecular formula is C15H21FO2. The van der Waals surface area contributed by atoms with Gasteiger partial charge in [-0.15, -0.1) is 0 Å². The average Bonchev–Trinajstić information content (AvgIpc) is 2.38. The second kappa shape index (κ2) is 5.98. The number of esters is 1. The van der Waals surface area contributed by atoms with Crippen molar-refractivity contribution < 1.29 is 13.9 Å². The van der Waals surface area contributed by atoms with Gasteiger partial charge in [0.2, 0.25) is 0 Å². The predicted octanol–water partition coefficient (Wildman–Crippen LogP) is 3.91. The fraction of sp³-hybridized carbons (Fsp3) is 0.533. The summed E-state index contributed by atoms with van der Waals surface area (Å²) >= 11 is 0. The van der Waals surface area contributed by atoms with Gasteiger partial charge in [0.05, 0.1) is 12.5 Å². The topological polar surface area (TPSA) is 26.3 Å². The smallest absolute Gasteiger partial charge is 0.311 e. The van der Waals surface area contributed by atoms with Crippen LogP contribution >= 0.6 is 0 Å². The van der Waals surface area contributed by atoms with E-state index in [2.05, 4.69) is 0 Å². The molecule has 0 amide bonds. The Kier molecular flexibility index (Phi) is 4.88. The lowest BCUT2D eigenvalue weighted by Gasteiger charge is -2.28. The zero-order valence-corrected chi connectivity index (χ0v) is 11.5. The number of hydrogen-bond acceptors (Lipinski definition) is 2. The van der Waals surface area contributed by atoms with Gasteiger partial charge < -0.3 is 4.74 Å². The molecule has 0 heterocycles. The van der Waals surface area contributed by atoms with E-state index < -0.39 is 5.41 Å². The first-order valence-corrected chi connectivity index (χ1v) is 6.27. The Morgan fingerprint density at radius 3 is 2.39 bits per heavy atom. The van der Waals surface area contributed by atoms with Crippen molar-refractivity contribution in [3.05, 3.63) is 35.6 Å². The van der Waals surface area contributed by atoms with Crippen LogP contribution in [-0.2, 0) is 9.53 Å². The maximum Gasteiger partial charge on any atom is 0.311 e. The third-order valence-electron chi connectivity index (χ3n) is 3.65. The molecule has 0 aliphatic heterocycles. The van der Waals surface area contributed by atoms with E-state index in [-0.39, 0.29) is 17.7 Å². The Labute approximate surface area is 108 Å². The number of rotatable bonds is 5. The SMILES string of the molecule is CCC(C)(CC(C)c1ccc(F)cc1)C(=O)OC. The van der Waals surface area contributed by atoms with Crippen LogP contribution in [0.5, 0.6) is 0 Å². The van der Waals surface area contributed by atoms with Crippen molar-refractivity contribution in [1.82, 2.24) is 0 Å². The molecule has 0 saturated carbocycles.